The normalized spacial score (nSPS) is 10.6. The number of benzene rings is 2. The van der Waals surface area contributed by atoms with Crippen LogP contribution in [-0.2, 0) is 24.3 Å². The first-order chi connectivity index (χ1) is 10.2. The minimum atomic E-state index is 0.531. The highest BCUT2D eigenvalue weighted by Crippen LogP contribution is 2.21. The standard InChI is InChI=1S/C17H20BrNO2/c1-20-9-8-13-3-6-16(7-4-13)21-12-15-5-2-14(11-19)10-17(15)18/h2-7,10H,8-9,11-12,19H2,1H3. The zero-order valence-corrected chi connectivity index (χ0v) is 13.7. The van der Waals surface area contributed by atoms with Crippen LogP contribution in [0.5, 0.6) is 5.75 Å². The van der Waals surface area contributed by atoms with Gasteiger partial charge in [-0.25, -0.2) is 0 Å². The van der Waals surface area contributed by atoms with Crippen LogP contribution in [0.15, 0.2) is 46.9 Å². The van der Waals surface area contributed by atoms with Crippen LogP contribution in [0.1, 0.15) is 16.7 Å². The van der Waals surface area contributed by atoms with E-state index in [4.69, 9.17) is 15.2 Å². The predicted molar refractivity (Wildman–Crippen MR) is 88.4 cm³/mol. The molecule has 0 amide bonds. The quantitative estimate of drug-likeness (QED) is 0.829. The molecule has 0 aliphatic heterocycles. The highest BCUT2D eigenvalue weighted by atomic mass is 79.9. The molecule has 0 radical (unpaired) electrons. The number of nitrogens with two attached hydrogens (primary N) is 1. The number of hydrogen-bond acceptors (Lipinski definition) is 3. The van der Waals surface area contributed by atoms with Gasteiger partial charge in [-0.05, 0) is 35.7 Å². The summed E-state index contributed by atoms with van der Waals surface area (Å²) in [5, 5.41) is 0. The van der Waals surface area contributed by atoms with Crippen molar-refractivity contribution in [3.63, 3.8) is 0 Å². The van der Waals surface area contributed by atoms with Crippen LogP contribution in [0, 0.1) is 0 Å². The second kappa shape index (κ2) is 8.17. The van der Waals surface area contributed by atoms with Gasteiger partial charge in [0, 0.05) is 23.7 Å². The molecule has 21 heavy (non-hydrogen) atoms. The van der Waals surface area contributed by atoms with Crippen molar-refractivity contribution in [1.29, 1.82) is 0 Å². The maximum atomic E-state index is 5.81. The molecule has 3 nitrogen and oxygen atoms in total. The van der Waals surface area contributed by atoms with Gasteiger partial charge in [0.2, 0.25) is 0 Å². The Bertz CT molecular complexity index is 570. The molecule has 0 aliphatic carbocycles. The smallest absolute Gasteiger partial charge is 0.119 e. The lowest BCUT2D eigenvalue weighted by Gasteiger charge is -2.10. The molecule has 0 saturated carbocycles. The van der Waals surface area contributed by atoms with Gasteiger partial charge in [-0.1, -0.05) is 40.2 Å². The summed E-state index contributed by atoms with van der Waals surface area (Å²) in [7, 11) is 1.71. The molecule has 112 valence electrons. The summed E-state index contributed by atoms with van der Waals surface area (Å²) in [5.41, 5.74) is 9.08. The average Bonchev–Trinajstić information content (AvgIpc) is 2.52. The molecule has 2 rings (SSSR count). The Balaban J connectivity index is 1.93. The molecule has 0 aromatic heterocycles. The second-order valence-corrected chi connectivity index (χ2v) is 5.66. The van der Waals surface area contributed by atoms with Gasteiger partial charge in [-0.15, -0.1) is 0 Å². The van der Waals surface area contributed by atoms with Crippen LogP contribution in [0.3, 0.4) is 0 Å². The number of ether oxygens (including phenoxy) is 2. The molecule has 2 aromatic rings. The van der Waals surface area contributed by atoms with Crippen molar-refractivity contribution in [3.8, 4) is 5.75 Å². The topological polar surface area (TPSA) is 44.5 Å². The fraction of sp³-hybridized carbons (Fsp3) is 0.294. The number of rotatable bonds is 7. The van der Waals surface area contributed by atoms with E-state index in [2.05, 4.69) is 28.1 Å². The Morgan fingerprint density at radius 1 is 1.05 bits per heavy atom. The molecule has 4 heteroatoms. The maximum Gasteiger partial charge on any atom is 0.119 e. The average molecular weight is 350 g/mol. The Kier molecular flexibility index (Phi) is 6.23. The monoisotopic (exact) mass is 349 g/mol. The van der Waals surface area contributed by atoms with Gasteiger partial charge in [0.15, 0.2) is 0 Å². The van der Waals surface area contributed by atoms with Crippen molar-refractivity contribution in [2.75, 3.05) is 13.7 Å². The van der Waals surface area contributed by atoms with E-state index in [0.29, 0.717) is 13.2 Å². The van der Waals surface area contributed by atoms with Gasteiger partial charge in [-0.3, -0.25) is 0 Å². The lowest BCUT2D eigenvalue weighted by atomic mass is 10.1. The molecule has 0 spiro atoms. The number of hydrogen-bond donors (Lipinski definition) is 1. The van der Waals surface area contributed by atoms with E-state index >= 15 is 0 Å². The lowest BCUT2D eigenvalue weighted by Crippen LogP contribution is -2.00. The zero-order valence-electron chi connectivity index (χ0n) is 12.1. The van der Waals surface area contributed by atoms with Gasteiger partial charge in [0.1, 0.15) is 12.4 Å². The van der Waals surface area contributed by atoms with Gasteiger partial charge < -0.3 is 15.2 Å². The van der Waals surface area contributed by atoms with Crippen molar-refractivity contribution < 1.29 is 9.47 Å². The van der Waals surface area contributed by atoms with Crippen LogP contribution in [0.4, 0.5) is 0 Å². The van der Waals surface area contributed by atoms with Crippen molar-refractivity contribution >= 4 is 15.9 Å². The van der Waals surface area contributed by atoms with E-state index < -0.39 is 0 Å². The first-order valence-corrected chi connectivity index (χ1v) is 7.70. The van der Waals surface area contributed by atoms with E-state index in [1.807, 2.05) is 30.3 Å². The summed E-state index contributed by atoms with van der Waals surface area (Å²) < 4.78 is 11.9. The Morgan fingerprint density at radius 2 is 1.76 bits per heavy atom. The summed E-state index contributed by atoms with van der Waals surface area (Å²) >= 11 is 3.55. The van der Waals surface area contributed by atoms with E-state index in [1.165, 1.54) is 5.56 Å². The Hall–Kier alpha value is -1.36. The van der Waals surface area contributed by atoms with Crippen LogP contribution in [0.25, 0.3) is 0 Å². The van der Waals surface area contributed by atoms with Crippen LogP contribution >= 0.6 is 15.9 Å². The Labute approximate surface area is 134 Å². The first-order valence-electron chi connectivity index (χ1n) is 6.91. The summed E-state index contributed by atoms with van der Waals surface area (Å²) in [6, 6.07) is 14.2. The summed E-state index contributed by atoms with van der Waals surface area (Å²) in [4.78, 5) is 0. The molecule has 0 aliphatic rings. The summed E-state index contributed by atoms with van der Waals surface area (Å²) in [6.45, 7) is 1.81. The highest BCUT2D eigenvalue weighted by Gasteiger charge is 2.03. The molecule has 0 bridgehead atoms. The van der Waals surface area contributed by atoms with Gasteiger partial charge in [-0.2, -0.15) is 0 Å². The Morgan fingerprint density at radius 3 is 2.38 bits per heavy atom. The largest absolute Gasteiger partial charge is 0.489 e. The number of methoxy groups -OCH3 is 1. The fourth-order valence-corrected chi connectivity index (χ4v) is 2.51. The SMILES string of the molecule is COCCc1ccc(OCc2ccc(CN)cc2Br)cc1. The van der Waals surface area contributed by atoms with E-state index in [0.717, 1.165) is 34.4 Å². The highest BCUT2D eigenvalue weighted by molar-refractivity contribution is 9.10. The number of halogens is 1. The lowest BCUT2D eigenvalue weighted by molar-refractivity contribution is 0.202. The molecule has 0 heterocycles. The van der Waals surface area contributed by atoms with Gasteiger partial charge in [0.25, 0.3) is 0 Å². The van der Waals surface area contributed by atoms with Crippen molar-refractivity contribution in [2.24, 2.45) is 5.73 Å². The molecule has 2 N–H and O–H groups in total. The summed E-state index contributed by atoms with van der Waals surface area (Å²) in [5.74, 6) is 0.867. The van der Waals surface area contributed by atoms with E-state index in [9.17, 15) is 0 Å². The van der Waals surface area contributed by atoms with Crippen LogP contribution < -0.4 is 10.5 Å². The minimum absolute atomic E-state index is 0.531. The van der Waals surface area contributed by atoms with Gasteiger partial charge >= 0.3 is 0 Å². The predicted octanol–water partition coefficient (Wildman–Crippen LogP) is 3.68. The van der Waals surface area contributed by atoms with Gasteiger partial charge in [0.05, 0.1) is 6.61 Å². The molecular formula is C17H20BrNO2. The minimum Gasteiger partial charge on any atom is -0.489 e. The summed E-state index contributed by atoms with van der Waals surface area (Å²) in [6.07, 6.45) is 0.920. The second-order valence-electron chi connectivity index (χ2n) is 4.81. The zero-order chi connectivity index (χ0) is 15.1. The van der Waals surface area contributed by atoms with Crippen molar-refractivity contribution in [2.45, 2.75) is 19.6 Å². The fourth-order valence-electron chi connectivity index (χ4n) is 1.97. The molecule has 0 saturated heterocycles. The molecule has 0 unspecified atom stereocenters. The van der Waals surface area contributed by atoms with Crippen LogP contribution in [-0.4, -0.2) is 13.7 Å². The van der Waals surface area contributed by atoms with E-state index in [1.54, 1.807) is 7.11 Å². The molecule has 2 aromatic carbocycles. The van der Waals surface area contributed by atoms with Crippen molar-refractivity contribution in [1.82, 2.24) is 0 Å². The van der Waals surface area contributed by atoms with Crippen molar-refractivity contribution in [3.05, 3.63) is 63.6 Å². The van der Waals surface area contributed by atoms with E-state index in [-0.39, 0.29) is 0 Å². The molecule has 0 fully saturated rings. The molecule has 0 atom stereocenters. The third kappa shape index (κ3) is 4.84. The third-order valence-electron chi connectivity index (χ3n) is 3.27. The maximum absolute atomic E-state index is 5.81. The third-order valence-corrected chi connectivity index (χ3v) is 4.00. The molecular weight excluding hydrogens is 330 g/mol. The first kappa shape index (κ1) is 16.0. The van der Waals surface area contributed by atoms with Crippen LogP contribution in [0.2, 0.25) is 0 Å².